The Bertz CT molecular complexity index is 1320. The summed E-state index contributed by atoms with van der Waals surface area (Å²) in [5, 5.41) is 22.7. The smallest absolute Gasteiger partial charge is 0.128 e. The van der Waals surface area contributed by atoms with E-state index in [1.54, 1.807) is 12.4 Å². The molecule has 0 radical (unpaired) electrons. The van der Waals surface area contributed by atoms with E-state index < -0.39 is 0 Å². The van der Waals surface area contributed by atoms with Crippen LogP contribution in [0.4, 0.5) is 11.4 Å². The molecule has 2 N–H and O–H groups in total. The zero-order valence-corrected chi connectivity index (χ0v) is 26.6. The third-order valence-electron chi connectivity index (χ3n) is 7.21. The zero-order chi connectivity index (χ0) is 30.3. The summed E-state index contributed by atoms with van der Waals surface area (Å²) in [6, 6.07) is 15.9. The maximum atomic E-state index is 11.3. The van der Waals surface area contributed by atoms with Crippen LogP contribution < -0.4 is 0 Å². The van der Waals surface area contributed by atoms with Gasteiger partial charge in [0.15, 0.2) is 0 Å². The average Bonchev–Trinajstić information content (AvgIpc) is 2.79. The summed E-state index contributed by atoms with van der Waals surface area (Å²) in [6.07, 6.45) is 3.52. The van der Waals surface area contributed by atoms with Crippen LogP contribution >= 0.6 is 0 Å². The number of para-hydroxylation sites is 2. The summed E-state index contributed by atoms with van der Waals surface area (Å²) < 4.78 is 0. The van der Waals surface area contributed by atoms with E-state index in [2.05, 4.69) is 95.2 Å². The van der Waals surface area contributed by atoms with E-state index in [1.165, 1.54) is 0 Å². The van der Waals surface area contributed by atoms with Crippen LogP contribution in [0.3, 0.4) is 0 Å². The Labute approximate surface area is 241 Å². The van der Waals surface area contributed by atoms with Gasteiger partial charge in [-0.1, -0.05) is 119 Å². The topological polar surface area (TPSA) is 65.2 Å². The molecule has 0 aliphatic rings. The lowest BCUT2D eigenvalue weighted by Gasteiger charge is -2.27. The number of rotatable bonds is 4. The summed E-state index contributed by atoms with van der Waals surface area (Å²) in [5.41, 5.74) is 5.88. The van der Waals surface area contributed by atoms with Crippen molar-refractivity contribution in [2.45, 2.75) is 105 Å². The van der Waals surface area contributed by atoms with Gasteiger partial charge in [-0.3, -0.25) is 9.98 Å². The standard InChI is InChI=1S/C36H48N2O2/c1-33(2,3)25-17-19-27(35(7,8)9)31(39)23(25)21-37-29-15-13-14-16-30(29)38-22-24-26(34(4,5)6)18-20-28(32(24)40)36(10,11)12/h13-22,39-40H,1-12H3. The molecule has 3 aromatic carbocycles. The first-order valence-corrected chi connectivity index (χ1v) is 14.1. The number of aliphatic imine (C=N–C) groups is 2. The molecule has 3 rings (SSSR count). The molecule has 4 nitrogen and oxygen atoms in total. The number of phenols is 2. The van der Waals surface area contributed by atoms with E-state index >= 15 is 0 Å². The van der Waals surface area contributed by atoms with Crippen molar-refractivity contribution >= 4 is 23.8 Å². The van der Waals surface area contributed by atoms with Crippen LogP contribution in [-0.2, 0) is 21.7 Å². The van der Waals surface area contributed by atoms with E-state index in [9.17, 15) is 10.2 Å². The van der Waals surface area contributed by atoms with Crippen LogP contribution in [0.2, 0.25) is 0 Å². The maximum Gasteiger partial charge on any atom is 0.128 e. The Morgan fingerprint density at radius 1 is 0.450 bits per heavy atom. The number of nitrogens with zero attached hydrogens (tertiary/aromatic N) is 2. The summed E-state index contributed by atoms with van der Waals surface area (Å²) in [7, 11) is 0. The summed E-state index contributed by atoms with van der Waals surface area (Å²) in [4.78, 5) is 9.67. The van der Waals surface area contributed by atoms with Gasteiger partial charge in [0.1, 0.15) is 11.5 Å². The molecule has 0 fully saturated rings. The molecular formula is C36H48N2O2. The zero-order valence-electron chi connectivity index (χ0n) is 26.6. The molecule has 0 saturated heterocycles. The lowest BCUT2D eigenvalue weighted by molar-refractivity contribution is 0.441. The summed E-state index contributed by atoms with van der Waals surface area (Å²) >= 11 is 0. The van der Waals surface area contributed by atoms with Crippen molar-refractivity contribution in [2.24, 2.45) is 9.98 Å². The van der Waals surface area contributed by atoms with Crippen LogP contribution in [0.25, 0.3) is 0 Å². The molecule has 0 heterocycles. The van der Waals surface area contributed by atoms with Gasteiger partial charge in [-0.15, -0.1) is 0 Å². The van der Waals surface area contributed by atoms with Gasteiger partial charge in [-0.25, -0.2) is 0 Å². The highest BCUT2D eigenvalue weighted by Crippen LogP contribution is 2.40. The Morgan fingerprint density at radius 3 is 1.00 bits per heavy atom. The van der Waals surface area contributed by atoms with Gasteiger partial charge >= 0.3 is 0 Å². The molecule has 0 saturated carbocycles. The number of aromatic hydroxyl groups is 2. The molecule has 0 amide bonds. The molecule has 0 spiro atoms. The van der Waals surface area contributed by atoms with Crippen LogP contribution in [-0.4, -0.2) is 22.6 Å². The molecular weight excluding hydrogens is 492 g/mol. The second-order valence-corrected chi connectivity index (χ2v) is 14.9. The van der Waals surface area contributed by atoms with Crippen molar-refractivity contribution in [1.29, 1.82) is 0 Å². The highest BCUT2D eigenvalue weighted by Gasteiger charge is 2.27. The second-order valence-electron chi connectivity index (χ2n) is 14.9. The van der Waals surface area contributed by atoms with Crippen molar-refractivity contribution in [3.8, 4) is 11.5 Å². The molecule has 3 aromatic rings. The fourth-order valence-electron chi connectivity index (χ4n) is 4.95. The Hall–Kier alpha value is -3.40. The minimum absolute atomic E-state index is 0.175. The maximum absolute atomic E-state index is 11.3. The molecule has 0 aliphatic heterocycles. The Morgan fingerprint density at radius 2 is 0.725 bits per heavy atom. The van der Waals surface area contributed by atoms with E-state index in [0.717, 1.165) is 33.4 Å². The van der Waals surface area contributed by atoms with Gasteiger partial charge < -0.3 is 10.2 Å². The summed E-state index contributed by atoms with van der Waals surface area (Å²) in [5.74, 6) is 0.534. The number of hydrogen-bond acceptors (Lipinski definition) is 4. The molecule has 0 aliphatic carbocycles. The van der Waals surface area contributed by atoms with Crippen molar-refractivity contribution < 1.29 is 10.2 Å². The molecule has 40 heavy (non-hydrogen) atoms. The van der Waals surface area contributed by atoms with Crippen molar-refractivity contribution in [1.82, 2.24) is 0 Å². The number of phenolic OH excluding ortho intramolecular Hbond substituents is 2. The van der Waals surface area contributed by atoms with E-state index in [4.69, 9.17) is 9.98 Å². The lowest BCUT2D eigenvalue weighted by Crippen LogP contribution is -2.18. The van der Waals surface area contributed by atoms with Crippen LogP contribution in [0, 0.1) is 0 Å². The van der Waals surface area contributed by atoms with E-state index in [1.807, 2.05) is 36.4 Å². The van der Waals surface area contributed by atoms with Crippen molar-refractivity contribution in [3.05, 3.63) is 81.9 Å². The van der Waals surface area contributed by atoms with Gasteiger partial charge in [0.05, 0.1) is 11.4 Å². The molecule has 0 bridgehead atoms. The predicted octanol–water partition coefficient (Wildman–Crippen LogP) is 9.79. The highest BCUT2D eigenvalue weighted by atomic mass is 16.3. The van der Waals surface area contributed by atoms with E-state index in [0.29, 0.717) is 11.4 Å². The quantitative estimate of drug-likeness (QED) is 0.323. The SMILES string of the molecule is CC(C)(C)c1ccc(C(C)(C)C)c(C=Nc2ccccc2N=Cc2c(C(C)(C)C)ccc(C(C)(C)C)c2O)c1O. The highest BCUT2D eigenvalue weighted by molar-refractivity contribution is 5.92. The van der Waals surface area contributed by atoms with Gasteiger partial charge in [-0.2, -0.15) is 0 Å². The van der Waals surface area contributed by atoms with Crippen LogP contribution in [0.5, 0.6) is 11.5 Å². The van der Waals surface area contributed by atoms with Gasteiger partial charge in [-0.05, 0) is 56.0 Å². The lowest BCUT2D eigenvalue weighted by atomic mass is 9.78. The minimum Gasteiger partial charge on any atom is -0.507 e. The third-order valence-corrected chi connectivity index (χ3v) is 7.21. The first kappa shape index (κ1) is 31.1. The first-order valence-electron chi connectivity index (χ1n) is 14.1. The van der Waals surface area contributed by atoms with Crippen LogP contribution in [0.15, 0.2) is 58.5 Å². The fraction of sp³-hybridized carbons (Fsp3) is 0.444. The summed E-state index contributed by atoms with van der Waals surface area (Å²) in [6.45, 7) is 25.4. The Kier molecular flexibility index (Phi) is 8.46. The Balaban J connectivity index is 2.16. The molecule has 0 unspecified atom stereocenters. The van der Waals surface area contributed by atoms with Crippen molar-refractivity contribution in [3.63, 3.8) is 0 Å². The van der Waals surface area contributed by atoms with Crippen LogP contribution in [0.1, 0.15) is 116 Å². The minimum atomic E-state index is -0.209. The van der Waals surface area contributed by atoms with Gasteiger partial charge in [0.25, 0.3) is 0 Å². The third kappa shape index (κ3) is 6.83. The largest absolute Gasteiger partial charge is 0.507 e. The molecule has 0 atom stereocenters. The molecule has 0 aromatic heterocycles. The number of hydrogen-bond donors (Lipinski definition) is 2. The van der Waals surface area contributed by atoms with Gasteiger partial charge in [0.2, 0.25) is 0 Å². The average molecular weight is 541 g/mol. The van der Waals surface area contributed by atoms with Gasteiger partial charge in [0, 0.05) is 23.6 Å². The molecule has 214 valence electrons. The normalized spacial score (nSPS) is 13.5. The number of benzene rings is 3. The first-order chi connectivity index (χ1) is 18.2. The monoisotopic (exact) mass is 540 g/mol. The van der Waals surface area contributed by atoms with E-state index in [-0.39, 0.29) is 33.2 Å². The predicted molar refractivity (Wildman–Crippen MR) is 172 cm³/mol. The molecule has 4 heteroatoms. The fourth-order valence-corrected chi connectivity index (χ4v) is 4.95. The second kappa shape index (κ2) is 10.9. The van der Waals surface area contributed by atoms with Crippen molar-refractivity contribution in [2.75, 3.05) is 0 Å².